The molecule has 0 amide bonds. The van der Waals surface area contributed by atoms with E-state index in [9.17, 15) is 9.18 Å². The number of carboxylic acid groups (broad SMARTS) is 1. The quantitative estimate of drug-likeness (QED) is 0.487. The van der Waals surface area contributed by atoms with Gasteiger partial charge in [-0.3, -0.25) is 0 Å². The second-order valence-corrected chi connectivity index (χ2v) is 9.39. The highest BCUT2D eigenvalue weighted by Gasteiger charge is 2.50. The first kappa shape index (κ1) is 20.4. The lowest BCUT2D eigenvalue weighted by molar-refractivity contribution is -0.131. The second-order valence-electron chi connectivity index (χ2n) is 9.39. The van der Waals surface area contributed by atoms with Gasteiger partial charge in [-0.2, -0.15) is 0 Å². The Labute approximate surface area is 176 Å². The first-order valence-corrected chi connectivity index (χ1v) is 10.3. The highest BCUT2D eigenvalue weighted by Crippen LogP contribution is 2.57. The molecule has 0 unspecified atom stereocenters. The lowest BCUT2D eigenvalue weighted by atomic mass is 9.81. The monoisotopic (exact) mass is 406 g/mol. The molecule has 156 valence electrons. The molecule has 1 fully saturated rings. The number of aliphatic carboxylic acids is 1. The lowest BCUT2D eigenvalue weighted by Crippen LogP contribution is -2.18. The zero-order valence-corrected chi connectivity index (χ0v) is 17.8. The molecule has 1 N–H and O–H groups in total. The Hall–Kier alpha value is -2.88. The third-order valence-electron chi connectivity index (χ3n) is 6.45. The number of rotatable bonds is 5. The van der Waals surface area contributed by atoms with Crippen molar-refractivity contribution in [3.8, 4) is 16.9 Å². The summed E-state index contributed by atoms with van der Waals surface area (Å²) in [6, 6.07) is 11.0. The number of carbonyl (C=O) groups is 1. The molecule has 0 saturated heterocycles. The standard InChI is InChI=1S/C26H27FO3/c1-16(11-23(28)29)5-8-18-14-26(18,4)19-12-21(17-6-9-20(27)10-7-17)24-22(13-19)25(2,3)15-30-24/h5-13,18H,14-15H2,1-4H3,(H,28,29)/b8-5+,16-11+/t18-,26+/m1/s1. The van der Waals surface area contributed by atoms with Gasteiger partial charge in [0.2, 0.25) is 0 Å². The minimum Gasteiger partial charge on any atom is -0.492 e. The van der Waals surface area contributed by atoms with Gasteiger partial charge in [0.05, 0.1) is 6.61 Å². The largest absolute Gasteiger partial charge is 0.492 e. The summed E-state index contributed by atoms with van der Waals surface area (Å²) in [5.74, 6) is 0.0589. The van der Waals surface area contributed by atoms with E-state index < -0.39 is 5.97 Å². The van der Waals surface area contributed by atoms with Crippen LogP contribution in [0.5, 0.6) is 5.75 Å². The Morgan fingerprint density at radius 1 is 1.20 bits per heavy atom. The smallest absolute Gasteiger partial charge is 0.328 e. The van der Waals surface area contributed by atoms with Crippen LogP contribution in [0.25, 0.3) is 11.1 Å². The van der Waals surface area contributed by atoms with E-state index in [1.54, 1.807) is 19.1 Å². The Bertz CT molecular complexity index is 1060. The number of hydrogen-bond donors (Lipinski definition) is 1. The van der Waals surface area contributed by atoms with Crippen LogP contribution in [-0.2, 0) is 15.6 Å². The Morgan fingerprint density at radius 2 is 1.90 bits per heavy atom. The zero-order valence-electron chi connectivity index (χ0n) is 17.8. The van der Waals surface area contributed by atoms with Crippen LogP contribution in [0, 0.1) is 11.7 Å². The molecule has 2 aliphatic rings. The van der Waals surface area contributed by atoms with Crippen molar-refractivity contribution in [1.82, 2.24) is 0 Å². The van der Waals surface area contributed by atoms with Crippen LogP contribution < -0.4 is 4.74 Å². The Morgan fingerprint density at radius 3 is 2.57 bits per heavy atom. The summed E-state index contributed by atoms with van der Waals surface area (Å²) in [7, 11) is 0. The van der Waals surface area contributed by atoms with Crippen LogP contribution in [0.3, 0.4) is 0 Å². The van der Waals surface area contributed by atoms with E-state index in [4.69, 9.17) is 9.84 Å². The summed E-state index contributed by atoms with van der Waals surface area (Å²) in [5, 5.41) is 8.89. The van der Waals surface area contributed by atoms with Crippen molar-refractivity contribution in [3.63, 3.8) is 0 Å². The van der Waals surface area contributed by atoms with Gasteiger partial charge >= 0.3 is 5.97 Å². The van der Waals surface area contributed by atoms with Crippen molar-refractivity contribution >= 4 is 5.97 Å². The molecule has 2 atom stereocenters. The molecule has 2 aromatic carbocycles. The number of fused-ring (bicyclic) bond motifs is 1. The molecule has 0 radical (unpaired) electrons. The first-order valence-electron chi connectivity index (χ1n) is 10.3. The van der Waals surface area contributed by atoms with Crippen LogP contribution in [0.1, 0.15) is 45.2 Å². The van der Waals surface area contributed by atoms with Crippen molar-refractivity contribution in [2.75, 3.05) is 6.61 Å². The molecule has 0 spiro atoms. The maximum Gasteiger partial charge on any atom is 0.328 e. The molecule has 1 saturated carbocycles. The summed E-state index contributed by atoms with van der Waals surface area (Å²) < 4.78 is 19.6. The van der Waals surface area contributed by atoms with Crippen molar-refractivity contribution in [1.29, 1.82) is 0 Å². The maximum absolute atomic E-state index is 13.5. The molecule has 1 aliphatic heterocycles. The van der Waals surface area contributed by atoms with E-state index in [1.807, 2.05) is 6.08 Å². The average Bonchev–Trinajstić information content (AvgIpc) is 3.25. The molecule has 4 heteroatoms. The van der Waals surface area contributed by atoms with Gasteiger partial charge in [0.15, 0.2) is 0 Å². The van der Waals surface area contributed by atoms with Gasteiger partial charge in [-0.15, -0.1) is 0 Å². The number of ether oxygens (including phenoxy) is 1. The van der Waals surface area contributed by atoms with E-state index >= 15 is 0 Å². The molecule has 30 heavy (non-hydrogen) atoms. The summed E-state index contributed by atoms with van der Waals surface area (Å²) >= 11 is 0. The Balaban J connectivity index is 1.73. The van der Waals surface area contributed by atoms with Gasteiger partial charge in [0, 0.05) is 22.6 Å². The number of halogens is 1. The number of allylic oxidation sites excluding steroid dienone is 3. The van der Waals surface area contributed by atoms with Gasteiger partial charge in [-0.05, 0) is 59.6 Å². The topological polar surface area (TPSA) is 46.5 Å². The van der Waals surface area contributed by atoms with Gasteiger partial charge in [0.1, 0.15) is 11.6 Å². The predicted octanol–water partition coefficient (Wildman–Crippen LogP) is 6.03. The molecule has 3 nitrogen and oxygen atoms in total. The Kier molecular flexibility index (Phi) is 4.84. The lowest BCUT2D eigenvalue weighted by Gasteiger charge is -2.20. The van der Waals surface area contributed by atoms with E-state index in [0.717, 1.165) is 28.9 Å². The highest BCUT2D eigenvalue weighted by atomic mass is 19.1. The molecule has 0 bridgehead atoms. The highest BCUT2D eigenvalue weighted by molar-refractivity contribution is 5.81. The third-order valence-corrected chi connectivity index (χ3v) is 6.45. The van der Waals surface area contributed by atoms with Crippen molar-refractivity contribution < 1.29 is 19.0 Å². The molecule has 0 aromatic heterocycles. The average molecular weight is 406 g/mol. The SMILES string of the molecule is CC(/C=C/[C@@H]1C[C@]1(C)c1cc(-c2ccc(F)cc2)c2c(c1)C(C)(C)CO2)=C\C(=O)O. The second kappa shape index (κ2) is 7.12. The molecule has 4 rings (SSSR count). The van der Waals surface area contributed by atoms with Crippen LogP contribution in [0.4, 0.5) is 4.39 Å². The van der Waals surface area contributed by atoms with Crippen LogP contribution in [0.2, 0.25) is 0 Å². The maximum atomic E-state index is 13.5. The minimum absolute atomic E-state index is 0.0114. The third kappa shape index (κ3) is 3.67. The number of hydrogen-bond acceptors (Lipinski definition) is 2. The molecular formula is C26H27FO3. The molecule has 2 aromatic rings. The van der Waals surface area contributed by atoms with Crippen molar-refractivity contribution in [3.05, 3.63) is 77.1 Å². The van der Waals surface area contributed by atoms with E-state index in [2.05, 4.69) is 39.0 Å². The van der Waals surface area contributed by atoms with Gasteiger partial charge in [-0.25, -0.2) is 9.18 Å². The summed E-state index contributed by atoms with van der Waals surface area (Å²) in [5.41, 5.74) is 5.02. The summed E-state index contributed by atoms with van der Waals surface area (Å²) in [6.45, 7) is 9.04. The fourth-order valence-electron chi connectivity index (χ4n) is 4.31. The van der Waals surface area contributed by atoms with Crippen molar-refractivity contribution in [2.45, 2.75) is 44.9 Å². The van der Waals surface area contributed by atoms with Gasteiger partial charge in [-0.1, -0.05) is 51.1 Å². The van der Waals surface area contributed by atoms with E-state index in [0.29, 0.717) is 12.5 Å². The van der Waals surface area contributed by atoms with Gasteiger partial charge < -0.3 is 9.84 Å². The molecular weight excluding hydrogens is 379 g/mol. The van der Waals surface area contributed by atoms with Crippen LogP contribution in [0.15, 0.2) is 60.2 Å². The van der Waals surface area contributed by atoms with E-state index in [1.165, 1.54) is 29.3 Å². The fraction of sp³-hybridized carbons (Fsp3) is 0.346. The summed E-state index contributed by atoms with van der Waals surface area (Å²) in [4.78, 5) is 10.8. The molecule has 1 heterocycles. The number of carboxylic acids is 1. The predicted molar refractivity (Wildman–Crippen MR) is 116 cm³/mol. The molecule has 1 aliphatic carbocycles. The summed E-state index contributed by atoms with van der Waals surface area (Å²) in [6.07, 6.45) is 6.23. The normalized spacial score (nSPS) is 24.6. The first-order chi connectivity index (χ1) is 14.1. The fourth-order valence-corrected chi connectivity index (χ4v) is 4.31. The number of benzene rings is 2. The van der Waals surface area contributed by atoms with Crippen LogP contribution in [-0.4, -0.2) is 17.7 Å². The van der Waals surface area contributed by atoms with Crippen LogP contribution >= 0.6 is 0 Å². The van der Waals surface area contributed by atoms with Crippen molar-refractivity contribution in [2.24, 2.45) is 5.92 Å². The minimum atomic E-state index is -0.930. The van der Waals surface area contributed by atoms with E-state index in [-0.39, 0.29) is 16.6 Å². The zero-order chi connectivity index (χ0) is 21.7. The van der Waals surface area contributed by atoms with Gasteiger partial charge in [0.25, 0.3) is 0 Å².